The fraction of sp³-hybridized carbons (Fsp3) is 0.286. The van der Waals surface area contributed by atoms with Gasteiger partial charge in [0.25, 0.3) is 5.91 Å². The third-order valence-electron chi connectivity index (χ3n) is 8.01. The number of carbonyl (C=O) groups excluding carboxylic acids is 2. The number of benzene rings is 3. The number of nitrogens with one attached hydrogen (secondary N) is 1. The first-order chi connectivity index (χ1) is 21.4. The molecule has 6 rings (SSSR count). The Morgan fingerprint density at radius 1 is 1.11 bits per heavy atom. The maximum atomic E-state index is 13.6. The van der Waals surface area contributed by atoms with Crippen molar-refractivity contribution in [2.45, 2.75) is 45.8 Å². The van der Waals surface area contributed by atoms with Gasteiger partial charge in [0.2, 0.25) is 12.2 Å². The number of fused-ring (bicyclic) bond motifs is 2. The number of hydrogen-bond donors (Lipinski definition) is 2. The summed E-state index contributed by atoms with van der Waals surface area (Å²) in [6.45, 7) is 5.91. The second-order valence-corrected chi connectivity index (χ2v) is 12.1. The van der Waals surface area contributed by atoms with Gasteiger partial charge in [0.15, 0.2) is 5.76 Å². The van der Waals surface area contributed by atoms with E-state index in [4.69, 9.17) is 14.5 Å². The van der Waals surface area contributed by atoms with Crippen molar-refractivity contribution < 1.29 is 24.2 Å². The molecule has 3 heterocycles. The molecule has 2 N–H and O–H groups in total. The lowest BCUT2D eigenvalue weighted by molar-refractivity contribution is -0.164. The minimum absolute atomic E-state index is 0.0288. The van der Waals surface area contributed by atoms with E-state index in [1.54, 1.807) is 15.9 Å². The quantitative estimate of drug-likeness (QED) is 0.182. The monoisotopic (exact) mass is 609 g/mol. The Morgan fingerprint density at radius 2 is 1.91 bits per heavy atom. The molecular formula is C35H35N3O5S. The summed E-state index contributed by atoms with van der Waals surface area (Å²) in [6, 6.07) is 21.6. The highest BCUT2D eigenvalue weighted by atomic mass is 32.1. The molecule has 44 heavy (non-hydrogen) atoms. The number of ether oxygens (including phenoxy) is 2. The van der Waals surface area contributed by atoms with E-state index in [1.807, 2.05) is 73.8 Å². The highest BCUT2D eigenvalue weighted by molar-refractivity contribution is 7.21. The molecule has 226 valence electrons. The zero-order chi connectivity index (χ0) is 30.8. The molecule has 0 saturated heterocycles. The molecule has 0 saturated carbocycles. The lowest BCUT2D eigenvalue weighted by Crippen LogP contribution is -2.37. The van der Waals surface area contributed by atoms with Crippen molar-refractivity contribution in [2.75, 3.05) is 18.5 Å². The molecule has 0 fully saturated rings. The van der Waals surface area contributed by atoms with E-state index in [1.165, 1.54) is 12.5 Å². The van der Waals surface area contributed by atoms with E-state index in [9.17, 15) is 14.7 Å². The molecule has 0 spiro atoms. The first-order valence-corrected chi connectivity index (χ1v) is 15.7. The van der Waals surface area contributed by atoms with Crippen LogP contribution in [0.25, 0.3) is 31.7 Å². The molecule has 5 aromatic rings. The molecule has 0 bridgehead atoms. The van der Waals surface area contributed by atoms with Gasteiger partial charge in [-0.3, -0.25) is 14.2 Å². The van der Waals surface area contributed by atoms with Gasteiger partial charge in [-0.25, -0.2) is 4.98 Å². The molecule has 9 heteroatoms. The van der Waals surface area contributed by atoms with Crippen molar-refractivity contribution in [3.63, 3.8) is 0 Å². The van der Waals surface area contributed by atoms with Gasteiger partial charge in [-0.15, -0.1) is 11.3 Å². The lowest BCUT2D eigenvalue weighted by atomic mass is 9.80. The largest absolute Gasteiger partial charge is 0.459 e. The van der Waals surface area contributed by atoms with E-state index in [0.29, 0.717) is 25.1 Å². The van der Waals surface area contributed by atoms with Gasteiger partial charge in [0.05, 0.1) is 15.7 Å². The number of aliphatic hydroxyl groups excluding tert-OH is 1. The molecule has 1 amide bonds. The summed E-state index contributed by atoms with van der Waals surface area (Å²) in [6.07, 6.45) is 4.15. The van der Waals surface area contributed by atoms with Crippen LogP contribution in [0.4, 0.5) is 5.69 Å². The molecule has 1 aliphatic heterocycles. The van der Waals surface area contributed by atoms with E-state index in [-0.39, 0.29) is 36.0 Å². The van der Waals surface area contributed by atoms with Crippen LogP contribution in [0, 0.1) is 12.8 Å². The molecule has 3 atom stereocenters. The highest BCUT2D eigenvalue weighted by Gasteiger charge is 2.39. The summed E-state index contributed by atoms with van der Waals surface area (Å²) in [4.78, 5) is 30.9. The van der Waals surface area contributed by atoms with Crippen LogP contribution in [0.2, 0.25) is 0 Å². The predicted octanol–water partition coefficient (Wildman–Crippen LogP) is 7.27. The minimum atomic E-state index is -0.702. The van der Waals surface area contributed by atoms with Crippen LogP contribution in [-0.4, -0.2) is 46.0 Å². The summed E-state index contributed by atoms with van der Waals surface area (Å²) in [5, 5.41) is 14.5. The Hall–Kier alpha value is -4.31. The van der Waals surface area contributed by atoms with Gasteiger partial charge in [0, 0.05) is 54.8 Å². The third-order valence-corrected chi connectivity index (χ3v) is 9.08. The Kier molecular flexibility index (Phi) is 8.61. The van der Waals surface area contributed by atoms with Crippen molar-refractivity contribution in [1.29, 1.82) is 0 Å². The van der Waals surface area contributed by atoms with Crippen LogP contribution in [0.3, 0.4) is 0 Å². The summed E-state index contributed by atoms with van der Waals surface area (Å²) >= 11 is 1.64. The molecule has 8 nitrogen and oxygen atoms in total. The first kappa shape index (κ1) is 29.7. The summed E-state index contributed by atoms with van der Waals surface area (Å²) < 4.78 is 15.0. The average molecular weight is 610 g/mol. The maximum Gasteiger partial charge on any atom is 0.290 e. The van der Waals surface area contributed by atoms with Gasteiger partial charge < -0.3 is 19.9 Å². The van der Waals surface area contributed by atoms with E-state index >= 15 is 0 Å². The number of para-hydroxylation sites is 1. The number of aliphatic hydroxyl groups is 1. The fourth-order valence-electron chi connectivity index (χ4n) is 5.90. The Labute approximate surface area is 259 Å². The van der Waals surface area contributed by atoms with Gasteiger partial charge in [0.1, 0.15) is 5.01 Å². The van der Waals surface area contributed by atoms with Gasteiger partial charge in [-0.1, -0.05) is 24.3 Å². The number of nitrogens with zero attached hydrogens (tertiary/aromatic N) is 2. The molecular weight excluding hydrogens is 574 g/mol. The van der Waals surface area contributed by atoms with Crippen LogP contribution in [-0.2, 0) is 14.3 Å². The lowest BCUT2D eigenvalue weighted by Gasteiger charge is -2.36. The number of aromatic nitrogens is 2. The molecule has 3 aromatic carbocycles. The first-order valence-electron chi connectivity index (χ1n) is 14.9. The molecule has 3 unspecified atom stereocenters. The standard InChI is InChI=1S/C35H35N3O5S/c1-4-42-35-26(9-7-17-39)27(28-20-38(22(3)40)30-10-6-5-8-25(28)30)19-31(43-35)33(41)36-24-14-12-23(13-15-24)34-37-29-16-11-21(2)18-32(29)44-34/h5-6,8,10-16,18-20,26-27,35,39H,4,7,9,17H2,1-3H3,(H,36,41). The number of thiazole rings is 1. The van der Waals surface area contributed by atoms with Crippen molar-refractivity contribution in [3.05, 3.63) is 95.9 Å². The number of hydrogen-bond acceptors (Lipinski definition) is 7. The van der Waals surface area contributed by atoms with Crippen molar-refractivity contribution in [1.82, 2.24) is 9.55 Å². The van der Waals surface area contributed by atoms with Crippen LogP contribution in [0.1, 0.15) is 48.5 Å². The number of anilines is 1. The second kappa shape index (κ2) is 12.7. The zero-order valence-corrected chi connectivity index (χ0v) is 25.8. The van der Waals surface area contributed by atoms with Gasteiger partial charge in [-0.2, -0.15) is 0 Å². The number of allylic oxidation sites excluding steroid dienone is 1. The maximum absolute atomic E-state index is 13.6. The summed E-state index contributed by atoms with van der Waals surface area (Å²) in [7, 11) is 0. The van der Waals surface area contributed by atoms with Crippen molar-refractivity contribution in [2.24, 2.45) is 5.92 Å². The number of rotatable bonds is 9. The van der Waals surface area contributed by atoms with Gasteiger partial charge in [-0.05, 0) is 86.4 Å². The predicted molar refractivity (Wildman–Crippen MR) is 174 cm³/mol. The molecule has 0 aliphatic carbocycles. The van der Waals surface area contributed by atoms with Crippen molar-refractivity contribution >= 4 is 50.0 Å². The minimum Gasteiger partial charge on any atom is -0.459 e. The van der Waals surface area contributed by atoms with Crippen LogP contribution < -0.4 is 5.32 Å². The molecule has 2 aromatic heterocycles. The third kappa shape index (κ3) is 5.91. The second-order valence-electron chi connectivity index (χ2n) is 11.0. The average Bonchev–Trinajstić information content (AvgIpc) is 3.62. The number of aryl methyl sites for hydroxylation is 1. The van der Waals surface area contributed by atoms with E-state index in [2.05, 4.69) is 24.4 Å². The normalized spacial score (nSPS) is 18.3. The Morgan fingerprint density at radius 3 is 2.66 bits per heavy atom. The molecule has 0 radical (unpaired) electrons. The highest BCUT2D eigenvalue weighted by Crippen LogP contribution is 2.42. The Bertz CT molecular complexity index is 1860. The van der Waals surface area contributed by atoms with Crippen LogP contribution >= 0.6 is 11.3 Å². The van der Waals surface area contributed by atoms with Crippen molar-refractivity contribution in [3.8, 4) is 10.6 Å². The number of amides is 1. The summed E-state index contributed by atoms with van der Waals surface area (Å²) in [5.41, 5.74) is 5.48. The van der Waals surface area contributed by atoms with Crippen LogP contribution in [0.5, 0.6) is 0 Å². The Balaban J connectivity index is 1.31. The number of carbonyl (C=O) groups is 2. The topological polar surface area (TPSA) is 103 Å². The van der Waals surface area contributed by atoms with Crippen LogP contribution in [0.15, 0.2) is 84.8 Å². The zero-order valence-electron chi connectivity index (χ0n) is 24.9. The van der Waals surface area contributed by atoms with E-state index < -0.39 is 6.29 Å². The summed E-state index contributed by atoms with van der Waals surface area (Å²) in [5.74, 6) is -0.804. The fourth-order valence-corrected chi connectivity index (χ4v) is 6.97. The van der Waals surface area contributed by atoms with Gasteiger partial charge >= 0.3 is 0 Å². The smallest absolute Gasteiger partial charge is 0.290 e. The SMILES string of the molecule is CCOC1OC(C(=O)Nc2ccc(-c3nc4ccc(C)cc4s3)cc2)=CC(c2cn(C(C)=O)c3ccccc23)C1CCCO. The van der Waals surface area contributed by atoms with E-state index in [0.717, 1.165) is 37.3 Å². The molecule has 1 aliphatic rings.